The normalized spacial score (nSPS) is 13.8. The van der Waals surface area contributed by atoms with Gasteiger partial charge < -0.3 is 14.9 Å². The average Bonchev–Trinajstić information content (AvgIpc) is 2.62. The third kappa shape index (κ3) is 3.57. The first kappa shape index (κ1) is 15.7. The molecule has 2 aromatic rings. The smallest absolute Gasteiger partial charge is 0.0788 e. The molecule has 0 bridgehead atoms. The van der Waals surface area contributed by atoms with E-state index in [0.717, 1.165) is 29.6 Å². The van der Waals surface area contributed by atoms with Gasteiger partial charge in [0.05, 0.1) is 17.1 Å². The number of nitrogens with one attached hydrogen (secondary N) is 1. The lowest BCUT2D eigenvalue weighted by atomic mass is 10.2. The molecule has 1 aromatic carbocycles. The molecule has 1 aliphatic heterocycles. The van der Waals surface area contributed by atoms with Crippen molar-refractivity contribution in [1.29, 1.82) is 5.41 Å². The second-order valence-corrected chi connectivity index (χ2v) is 5.43. The Morgan fingerprint density at radius 2 is 1.79 bits per heavy atom. The van der Waals surface area contributed by atoms with E-state index in [0.29, 0.717) is 5.36 Å². The lowest BCUT2D eigenvalue weighted by Gasteiger charge is -2.16. The molecule has 2 heterocycles. The zero-order chi connectivity index (χ0) is 16.8. The summed E-state index contributed by atoms with van der Waals surface area (Å²) in [6.45, 7) is 1.51. The number of rotatable bonds is 5. The largest absolute Gasteiger partial charge is 0.350 e. The summed E-state index contributed by atoms with van der Waals surface area (Å²) >= 11 is 0. The predicted octanol–water partition coefficient (Wildman–Crippen LogP) is 3.67. The van der Waals surface area contributed by atoms with E-state index >= 15 is 0 Å². The van der Waals surface area contributed by atoms with Crippen LogP contribution < -0.4 is 5.36 Å². The van der Waals surface area contributed by atoms with E-state index in [-0.39, 0.29) is 0 Å². The van der Waals surface area contributed by atoms with Crippen molar-refractivity contribution in [1.82, 2.24) is 9.47 Å². The molecule has 0 aliphatic carbocycles. The van der Waals surface area contributed by atoms with Gasteiger partial charge in [0.2, 0.25) is 0 Å². The Kier molecular flexibility index (Phi) is 4.81. The van der Waals surface area contributed by atoms with Crippen molar-refractivity contribution in [2.24, 2.45) is 5.18 Å². The molecule has 0 unspecified atom stereocenters. The summed E-state index contributed by atoms with van der Waals surface area (Å²) in [5.41, 5.74) is 1.85. The van der Waals surface area contributed by atoms with Crippen molar-refractivity contribution in [3.8, 4) is 0 Å². The Labute approximate surface area is 140 Å². The van der Waals surface area contributed by atoms with Crippen molar-refractivity contribution in [3.63, 3.8) is 0 Å². The van der Waals surface area contributed by atoms with Gasteiger partial charge in [-0.15, -0.1) is 4.91 Å². The number of hydrogen-bond acceptors (Lipinski definition) is 4. The predicted molar refractivity (Wildman–Crippen MR) is 95.8 cm³/mol. The van der Waals surface area contributed by atoms with Gasteiger partial charge in [-0.25, -0.2) is 0 Å². The van der Waals surface area contributed by atoms with E-state index in [1.807, 2.05) is 66.0 Å². The lowest BCUT2D eigenvalue weighted by molar-refractivity contribution is 0.559. The second kappa shape index (κ2) is 7.37. The second-order valence-electron chi connectivity index (χ2n) is 5.43. The van der Waals surface area contributed by atoms with Crippen LogP contribution in [0.2, 0.25) is 0 Å². The van der Waals surface area contributed by atoms with Crippen molar-refractivity contribution in [2.45, 2.75) is 6.54 Å². The minimum absolute atomic E-state index is 0.545. The molecule has 0 radical (unpaired) electrons. The number of benzene rings is 1. The van der Waals surface area contributed by atoms with Crippen molar-refractivity contribution in [3.05, 3.63) is 95.3 Å². The monoisotopic (exact) mass is 318 g/mol. The molecule has 0 atom stereocenters. The van der Waals surface area contributed by atoms with Crippen LogP contribution in [0.1, 0.15) is 0 Å². The lowest BCUT2D eigenvalue weighted by Crippen LogP contribution is -2.11. The number of pyridine rings is 1. The maximum Gasteiger partial charge on any atom is 0.0788 e. The van der Waals surface area contributed by atoms with E-state index in [1.54, 1.807) is 0 Å². The molecule has 1 aliphatic rings. The molecule has 3 rings (SSSR count). The first-order valence-electron chi connectivity index (χ1n) is 7.70. The first-order valence-corrected chi connectivity index (χ1v) is 7.70. The summed E-state index contributed by atoms with van der Waals surface area (Å²) in [5.74, 6) is 0. The summed E-state index contributed by atoms with van der Waals surface area (Å²) in [4.78, 5) is 12.2. The van der Waals surface area contributed by atoms with Crippen LogP contribution in [0.3, 0.4) is 0 Å². The number of nitrogens with zero attached hydrogens (tertiary/aromatic N) is 3. The first-order chi connectivity index (χ1) is 11.8. The van der Waals surface area contributed by atoms with Crippen molar-refractivity contribution < 1.29 is 0 Å². The van der Waals surface area contributed by atoms with Gasteiger partial charge in [0, 0.05) is 37.1 Å². The van der Waals surface area contributed by atoms with Gasteiger partial charge in [-0.2, -0.15) is 0 Å². The van der Waals surface area contributed by atoms with E-state index in [1.165, 1.54) is 6.20 Å². The average molecular weight is 318 g/mol. The van der Waals surface area contributed by atoms with E-state index in [4.69, 9.17) is 5.41 Å². The maximum atomic E-state index is 10.2. The molecule has 0 amide bonds. The number of hydrogen-bond donors (Lipinski definition) is 1. The van der Waals surface area contributed by atoms with Crippen LogP contribution in [0, 0.1) is 10.3 Å². The third-order valence-corrected chi connectivity index (χ3v) is 3.83. The standard InChI is InChI=1S/C19H18N4O/c20-18-9-14-23(19-6-2-1-5-17(18)19)11-4-3-10-22-12-7-16(8-13-22)15-21-24/h1-9,12-15,20H,10-11H2/b4-3+,20-18?. The Morgan fingerprint density at radius 3 is 2.58 bits per heavy atom. The Balaban J connectivity index is 1.64. The highest BCUT2D eigenvalue weighted by Crippen LogP contribution is 2.10. The Morgan fingerprint density at radius 1 is 1.04 bits per heavy atom. The summed E-state index contributed by atoms with van der Waals surface area (Å²) in [5, 5.41) is 12.2. The van der Waals surface area contributed by atoms with Gasteiger partial charge in [0.15, 0.2) is 0 Å². The van der Waals surface area contributed by atoms with Gasteiger partial charge in [-0.3, -0.25) is 0 Å². The van der Waals surface area contributed by atoms with E-state index in [9.17, 15) is 4.91 Å². The molecular weight excluding hydrogens is 300 g/mol. The molecular formula is C19H18N4O. The molecule has 0 saturated heterocycles. The summed E-state index contributed by atoms with van der Waals surface area (Å²) in [6.07, 6.45) is 15.0. The fourth-order valence-electron chi connectivity index (χ4n) is 2.57. The minimum atomic E-state index is 0.545. The molecule has 120 valence electrons. The molecule has 0 fully saturated rings. The molecule has 0 saturated carbocycles. The molecule has 24 heavy (non-hydrogen) atoms. The summed E-state index contributed by atoms with van der Waals surface area (Å²) in [6, 6.07) is 9.77. The number of para-hydroxylation sites is 1. The van der Waals surface area contributed by atoms with Gasteiger partial charge in [-0.1, -0.05) is 30.4 Å². The third-order valence-electron chi connectivity index (χ3n) is 3.83. The fraction of sp³-hybridized carbons (Fsp3) is 0.105. The van der Waals surface area contributed by atoms with Gasteiger partial charge in [0.25, 0.3) is 0 Å². The van der Waals surface area contributed by atoms with Gasteiger partial charge >= 0.3 is 0 Å². The van der Waals surface area contributed by atoms with Crippen LogP contribution in [-0.4, -0.2) is 16.0 Å². The topological polar surface area (TPSA) is 61.5 Å². The highest BCUT2D eigenvalue weighted by Gasteiger charge is 2.00. The molecule has 0 spiro atoms. The number of allylic oxidation sites excluding steroid dienone is 4. The van der Waals surface area contributed by atoms with Gasteiger partial charge in [0.1, 0.15) is 0 Å². The van der Waals surface area contributed by atoms with Crippen LogP contribution in [-0.2, 0) is 6.54 Å². The molecule has 5 nitrogen and oxygen atoms in total. The SMILES string of the molecule is N=c1ccn(C/C=C/CN2C=CC(=CN=O)C=C2)c2ccccc12. The fourth-order valence-corrected chi connectivity index (χ4v) is 2.57. The van der Waals surface area contributed by atoms with Crippen molar-refractivity contribution in [2.75, 3.05) is 6.54 Å². The molecule has 1 aromatic heterocycles. The Hall–Kier alpha value is -3.21. The maximum absolute atomic E-state index is 10.2. The summed E-state index contributed by atoms with van der Waals surface area (Å²) in [7, 11) is 0. The van der Waals surface area contributed by atoms with Crippen LogP contribution in [0.25, 0.3) is 10.9 Å². The number of fused-ring (bicyclic) bond motifs is 1. The van der Waals surface area contributed by atoms with Crippen LogP contribution in [0.4, 0.5) is 0 Å². The molecule has 5 heteroatoms. The minimum Gasteiger partial charge on any atom is -0.350 e. The van der Waals surface area contributed by atoms with Gasteiger partial charge in [-0.05, 0) is 35.0 Å². The highest BCUT2D eigenvalue weighted by molar-refractivity contribution is 5.78. The summed E-state index contributed by atoms with van der Waals surface area (Å²) < 4.78 is 2.13. The Bertz CT molecular complexity index is 902. The van der Waals surface area contributed by atoms with E-state index in [2.05, 4.69) is 21.9 Å². The van der Waals surface area contributed by atoms with Crippen LogP contribution >= 0.6 is 0 Å². The highest BCUT2D eigenvalue weighted by atomic mass is 16.2. The number of nitroso groups, excluding NO2 is 1. The zero-order valence-electron chi connectivity index (χ0n) is 13.2. The van der Waals surface area contributed by atoms with Crippen LogP contribution in [0.5, 0.6) is 0 Å². The van der Waals surface area contributed by atoms with Crippen molar-refractivity contribution >= 4 is 10.9 Å². The quantitative estimate of drug-likeness (QED) is 0.675. The van der Waals surface area contributed by atoms with Crippen LogP contribution in [0.15, 0.2) is 90.2 Å². The zero-order valence-corrected chi connectivity index (χ0v) is 13.2. The number of aromatic nitrogens is 1. The van der Waals surface area contributed by atoms with E-state index < -0.39 is 0 Å². The molecule has 1 N–H and O–H groups in total.